The van der Waals surface area contributed by atoms with Gasteiger partial charge in [0.2, 0.25) is 0 Å². The first-order chi connectivity index (χ1) is 6.66. The highest BCUT2D eigenvalue weighted by atomic mass is 16.4. The molecule has 1 saturated heterocycles. The molecule has 0 atom stereocenters. The molecule has 1 aromatic rings. The molecule has 1 aliphatic rings. The molecule has 5 heteroatoms. The first kappa shape index (κ1) is 8.68. The SMILES string of the molecule is C=C1CN(c2ccc(C(=O)O)nn2)C1. The van der Waals surface area contributed by atoms with Crippen molar-refractivity contribution in [3.8, 4) is 0 Å². The maximum absolute atomic E-state index is 10.5. The van der Waals surface area contributed by atoms with Crippen LogP contribution in [0, 0.1) is 0 Å². The Kier molecular flexibility index (Phi) is 1.92. The molecule has 14 heavy (non-hydrogen) atoms. The van der Waals surface area contributed by atoms with Gasteiger partial charge in [-0.25, -0.2) is 4.79 Å². The number of aromatic nitrogens is 2. The summed E-state index contributed by atoms with van der Waals surface area (Å²) in [5.41, 5.74) is 1.11. The van der Waals surface area contributed by atoms with E-state index in [2.05, 4.69) is 16.8 Å². The van der Waals surface area contributed by atoms with E-state index in [1.165, 1.54) is 6.07 Å². The van der Waals surface area contributed by atoms with E-state index < -0.39 is 5.97 Å². The Bertz CT molecular complexity index is 378. The zero-order valence-corrected chi connectivity index (χ0v) is 7.47. The van der Waals surface area contributed by atoms with Gasteiger partial charge in [0.15, 0.2) is 11.5 Å². The van der Waals surface area contributed by atoms with Gasteiger partial charge in [0.1, 0.15) is 0 Å². The zero-order valence-electron chi connectivity index (χ0n) is 7.47. The van der Waals surface area contributed by atoms with Crippen molar-refractivity contribution < 1.29 is 9.90 Å². The summed E-state index contributed by atoms with van der Waals surface area (Å²) in [5, 5.41) is 16.0. The molecule has 1 fully saturated rings. The summed E-state index contributed by atoms with van der Waals surface area (Å²) in [6, 6.07) is 3.11. The minimum atomic E-state index is -1.06. The largest absolute Gasteiger partial charge is 0.476 e. The van der Waals surface area contributed by atoms with Crippen molar-refractivity contribution in [2.24, 2.45) is 0 Å². The van der Waals surface area contributed by atoms with E-state index in [0.717, 1.165) is 18.7 Å². The Balaban J connectivity index is 2.14. The molecule has 72 valence electrons. The molecule has 2 heterocycles. The molecule has 1 aromatic heterocycles. The minimum Gasteiger partial charge on any atom is -0.476 e. The van der Waals surface area contributed by atoms with Crippen LogP contribution in [0.4, 0.5) is 5.82 Å². The predicted octanol–water partition coefficient (Wildman–Crippen LogP) is 0.551. The molecule has 0 aromatic carbocycles. The Hall–Kier alpha value is -1.91. The third-order valence-electron chi connectivity index (χ3n) is 2.02. The van der Waals surface area contributed by atoms with E-state index in [0.29, 0.717) is 5.82 Å². The lowest BCUT2D eigenvalue weighted by atomic mass is 10.1. The van der Waals surface area contributed by atoms with Crippen LogP contribution in [-0.4, -0.2) is 34.4 Å². The third kappa shape index (κ3) is 1.44. The standard InChI is InChI=1S/C9H9N3O2/c1-6-4-12(5-6)8-3-2-7(9(13)14)10-11-8/h2-3H,1,4-5H2,(H,13,14). The van der Waals surface area contributed by atoms with Gasteiger partial charge in [0, 0.05) is 13.1 Å². The van der Waals surface area contributed by atoms with Crippen molar-refractivity contribution in [3.63, 3.8) is 0 Å². The lowest BCUT2D eigenvalue weighted by Gasteiger charge is -2.33. The van der Waals surface area contributed by atoms with Crippen LogP contribution in [-0.2, 0) is 0 Å². The van der Waals surface area contributed by atoms with Crippen LogP contribution in [0.1, 0.15) is 10.5 Å². The highest BCUT2D eigenvalue weighted by molar-refractivity contribution is 5.85. The van der Waals surface area contributed by atoms with E-state index in [-0.39, 0.29) is 5.69 Å². The van der Waals surface area contributed by atoms with Gasteiger partial charge in [0.05, 0.1) is 0 Å². The topological polar surface area (TPSA) is 66.3 Å². The molecular formula is C9H9N3O2. The van der Waals surface area contributed by atoms with Crippen molar-refractivity contribution in [1.29, 1.82) is 0 Å². The van der Waals surface area contributed by atoms with Gasteiger partial charge in [0.25, 0.3) is 0 Å². The fraction of sp³-hybridized carbons (Fsp3) is 0.222. The van der Waals surface area contributed by atoms with Gasteiger partial charge in [-0.3, -0.25) is 0 Å². The molecule has 0 spiro atoms. The van der Waals surface area contributed by atoms with Gasteiger partial charge >= 0.3 is 5.97 Å². The van der Waals surface area contributed by atoms with Crippen LogP contribution in [0.15, 0.2) is 24.3 Å². The second-order valence-corrected chi connectivity index (χ2v) is 3.19. The summed E-state index contributed by atoms with van der Waals surface area (Å²) in [6.45, 7) is 5.36. The summed E-state index contributed by atoms with van der Waals surface area (Å²) in [4.78, 5) is 12.5. The highest BCUT2D eigenvalue weighted by Crippen LogP contribution is 2.19. The second-order valence-electron chi connectivity index (χ2n) is 3.19. The van der Waals surface area contributed by atoms with Crippen molar-refractivity contribution in [2.75, 3.05) is 18.0 Å². The Morgan fingerprint density at radius 3 is 2.57 bits per heavy atom. The van der Waals surface area contributed by atoms with Crippen molar-refractivity contribution in [2.45, 2.75) is 0 Å². The van der Waals surface area contributed by atoms with Crippen LogP contribution < -0.4 is 4.90 Å². The molecule has 2 rings (SSSR count). The number of anilines is 1. The quantitative estimate of drug-likeness (QED) is 0.691. The molecule has 0 amide bonds. The molecule has 1 N–H and O–H groups in total. The summed E-state index contributed by atoms with van der Waals surface area (Å²) >= 11 is 0. The monoisotopic (exact) mass is 191 g/mol. The molecule has 5 nitrogen and oxygen atoms in total. The van der Waals surface area contributed by atoms with Gasteiger partial charge in [-0.1, -0.05) is 6.58 Å². The number of carbonyl (C=O) groups is 1. The number of carboxylic acid groups (broad SMARTS) is 1. The third-order valence-corrected chi connectivity index (χ3v) is 2.02. The number of rotatable bonds is 2. The van der Waals surface area contributed by atoms with E-state index >= 15 is 0 Å². The zero-order chi connectivity index (χ0) is 10.1. The predicted molar refractivity (Wildman–Crippen MR) is 50.3 cm³/mol. The molecule has 1 aliphatic heterocycles. The van der Waals surface area contributed by atoms with Crippen molar-refractivity contribution in [3.05, 3.63) is 30.0 Å². The Morgan fingerprint density at radius 1 is 1.43 bits per heavy atom. The fourth-order valence-electron chi connectivity index (χ4n) is 1.26. The van der Waals surface area contributed by atoms with E-state index in [4.69, 9.17) is 5.11 Å². The van der Waals surface area contributed by atoms with Crippen molar-refractivity contribution in [1.82, 2.24) is 10.2 Å². The van der Waals surface area contributed by atoms with Crippen LogP contribution in [0.2, 0.25) is 0 Å². The van der Waals surface area contributed by atoms with Gasteiger partial charge < -0.3 is 10.0 Å². The fourth-order valence-corrected chi connectivity index (χ4v) is 1.26. The molecule has 0 saturated carbocycles. The second kappa shape index (κ2) is 3.10. The van der Waals surface area contributed by atoms with Gasteiger partial charge in [-0.15, -0.1) is 10.2 Å². The van der Waals surface area contributed by atoms with Crippen LogP contribution >= 0.6 is 0 Å². The van der Waals surface area contributed by atoms with Crippen LogP contribution in [0.5, 0.6) is 0 Å². The lowest BCUT2D eigenvalue weighted by Crippen LogP contribution is -2.40. The first-order valence-electron chi connectivity index (χ1n) is 4.15. The normalized spacial score (nSPS) is 15.1. The van der Waals surface area contributed by atoms with Gasteiger partial charge in [-0.2, -0.15) is 0 Å². The molecular weight excluding hydrogens is 182 g/mol. The summed E-state index contributed by atoms with van der Waals surface area (Å²) in [6.07, 6.45) is 0. The van der Waals surface area contributed by atoms with E-state index in [1.54, 1.807) is 6.07 Å². The Morgan fingerprint density at radius 2 is 2.14 bits per heavy atom. The van der Waals surface area contributed by atoms with E-state index in [1.807, 2.05) is 4.90 Å². The highest BCUT2D eigenvalue weighted by Gasteiger charge is 2.20. The average molecular weight is 191 g/mol. The molecule has 0 bridgehead atoms. The maximum atomic E-state index is 10.5. The number of hydrogen-bond donors (Lipinski definition) is 1. The smallest absolute Gasteiger partial charge is 0.356 e. The lowest BCUT2D eigenvalue weighted by molar-refractivity contribution is 0.0689. The minimum absolute atomic E-state index is 0.0342. The maximum Gasteiger partial charge on any atom is 0.356 e. The summed E-state index contributed by atoms with van der Waals surface area (Å²) in [5.74, 6) is -0.362. The number of aromatic carboxylic acids is 1. The number of nitrogens with zero attached hydrogens (tertiary/aromatic N) is 3. The average Bonchev–Trinajstić information content (AvgIpc) is 2.13. The van der Waals surface area contributed by atoms with E-state index in [9.17, 15) is 4.79 Å². The number of hydrogen-bond acceptors (Lipinski definition) is 4. The molecule has 0 aliphatic carbocycles. The molecule has 0 unspecified atom stereocenters. The van der Waals surface area contributed by atoms with Crippen molar-refractivity contribution >= 4 is 11.8 Å². The van der Waals surface area contributed by atoms with Crippen LogP contribution in [0.3, 0.4) is 0 Å². The van der Waals surface area contributed by atoms with Gasteiger partial charge in [-0.05, 0) is 17.7 Å². The Labute approximate surface area is 80.7 Å². The molecule has 0 radical (unpaired) electrons. The summed E-state index contributed by atoms with van der Waals surface area (Å²) < 4.78 is 0. The first-order valence-corrected chi connectivity index (χ1v) is 4.15. The van der Waals surface area contributed by atoms with Crippen LogP contribution in [0.25, 0.3) is 0 Å². The number of carboxylic acids is 1. The summed E-state index contributed by atoms with van der Waals surface area (Å²) in [7, 11) is 0.